The fourth-order valence-corrected chi connectivity index (χ4v) is 1.26. The zero-order valence-corrected chi connectivity index (χ0v) is 9.18. The van der Waals surface area contributed by atoms with Gasteiger partial charge in [-0.3, -0.25) is 4.98 Å². The van der Waals surface area contributed by atoms with E-state index in [2.05, 4.69) is 47.6 Å². The maximum absolute atomic E-state index is 4.23. The van der Waals surface area contributed by atoms with E-state index < -0.39 is 0 Å². The molecule has 0 amide bonds. The molecule has 0 radical (unpaired) electrons. The van der Waals surface area contributed by atoms with Gasteiger partial charge in [-0.05, 0) is 32.8 Å². The molecule has 76 valence electrons. The topological polar surface area (TPSA) is 42.8 Å². The summed E-state index contributed by atoms with van der Waals surface area (Å²) in [6, 6.07) is 1.98. The molecule has 2 rings (SSSR count). The molecule has 15 heavy (non-hydrogen) atoms. The third-order valence-electron chi connectivity index (χ3n) is 1.96. The minimum Gasteiger partial charge on any atom is -0.279 e. The molecule has 0 aliphatic heterocycles. The third kappa shape index (κ3) is 2.16. The van der Waals surface area contributed by atoms with Crippen LogP contribution in [0, 0.1) is 17.3 Å². The Morgan fingerprint density at radius 3 is 2.93 bits per heavy atom. The summed E-state index contributed by atoms with van der Waals surface area (Å²) in [7, 11) is 0. The molecule has 0 aliphatic rings. The van der Waals surface area contributed by atoms with Gasteiger partial charge in [0.2, 0.25) is 17.7 Å². The van der Waals surface area contributed by atoms with Gasteiger partial charge in [0.05, 0.1) is 6.20 Å². The highest BCUT2D eigenvalue weighted by atomic mass is 14.9. The van der Waals surface area contributed by atoms with Crippen LogP contribution < -0.4 is 4.98 Å². The molecule has 3 nitrogen and oxygen atoms in total. The minimum absolute atomic E-state index is 0.00384. The first-order chi connectivity index (χ1) is 7.06. The molecular formula is C12H14N3+. The van der Waals surface area contributed by atoms with Gasteiger partial charge in [-0.1, -0.05) is 5.92 Å². The van der Waals surface area contributed by atoms with Crippen LogP contribution in [-0.2, 0) is 0 Å². The van der Waals surface area contributed by atoms with Gasteiger partial charge in [0.25, 0.3) is 0 Å². The van der Waals surface area contributed by atoms with Crippen molar-refractivity contribution in [2.75, 3.05) is 0 Å². The van der Waals surface area contributed by atoms with E-state index in [1.54, 1.807) is 6.33 Å². The van der Waals surface area contributed by atoms with Crippen molar-refractivity contribution in [3.05, 3.63) is 24.3 Å². The molecule has 2 aromatic rings. The molecule has 0 unspecified atom stereocenters. The number of hydrogen-bond donors (Lipinski definition) is 1. The van der Waals surface area contributed by atoms with E-state index in [1.165, 1.54) is 0 Å². The Labute approximate surface area is 89.0 Å². The summed E-state index contributed by atoms with van der Waals surface area (Å²) in [6.45, 7) is 6.26. The van der Waals surface area contributed by atoms with E-state index in [0.29, 0.717) is 0 Å². The van der Waals surface area contributed by atoms with Crippen LogP contribution in [0.2, 0.25) is 0 Å². The van der Waals surface area contributed by atoms with E-state index in [0.717, 1.165) is 16.7 Å². The van der Waals surface area contributed by atoms with Crippen molar-refractivity contribution in [2.24, 2.45) is 5.41 Å². The lowest BCUT2D eigenvalue weighted by molar-refractivity contribution is -0.352. The van der Waals surface area contributed by atoms with Gasteiger partial charge in [-0.2, -0.15) is 0 Å². The predicted octanol–water partition coefficient (Wildman–Crippen LogP) is 1.77. The highest BCUT2D eigenvalue weighted by molar-refractivity contribution is 5.78. The number of H-pyrrole nitrogens is 2. The van der Waals surface area contributed by atoms with Gasteiger partial charge in [0, 0.05) is 5.41 Å². The van der Waals surface area contributed by atoms with Crippen LogP contribution in [0.25, 0.3) is 11.0 Å². The summed E-state index contributed by atoms with van der Waals surface area (Å²) < 4.78 is 0. The lowest BCUT2D eigenvalue weighted by Crippen LogP contribution is -2.06. The van der Waals surface area contributed by atoms with Crippen LogP contribution in [-0.4, -0.2) is 9.97 Å². The Balaban J connectivity index is 2.51. The monoisotopic (exact) mass is 200 g/mol. The molecule has 0 bridgehead atoms. The highest BCUT2D eigenvalue weighted by Gasteiger charge is 2.08. The average Bonchev–Trinajstić information content (AvgIpc) is 2.61. The SMILES string of the molecule is CC(C)(C)C#Cc1nc[nH+]c2[nH]ccc12. The van der Waals surface area contributed by atoms with E-state index in [-0.39, 0.29) is 5.41 Å². The van der Waals surface area contributed by atoms with Crippen LogP contribution in [0.1, 0.15) is 26.5 Å². The standard InChI is InChI=1S/C12H13N3/c1-12(2,3)6-4-10-9-5-7-13-11(9)15-8-14-10/h5,7-8H,1-3H3,(H,13,14,15)/p+1. The van der Waals surface area contributed by atoms with Crippen LogP contribution in [0.5, 0.6) is 0 Å². The fourth-order valence-electron chi connectivity index (χ4n) is 1.26. The first-order valence-electron chi connectivity index (χ1n) is 4.93. The van der Waals surface area contributed by atoms with Crippen LogP contribution in [0.15, 0.2) is 18.6 Å². The van der Waals surface area contributed by atoms with Crippen molar-refractivity contribution in [3.8, 4) is 11.8 Å². The number of nitrogens with one attached hydrogen (secondary N) is 2. The normalized spacial score (nSPS) is 11.1. The van der Waals surface area contributed by atoms with Gasteiger partial charge in [-0.15, -0.1) is 4.98 Å². The van der Waals surface area contributed by atoms with Crippen molar-refractivity contribution in [2.45, 2.75) is 20.8 Å². The Bertz CT molecular complexity index is 535. The molecule has 0 aliphatic carbocycles. The maximum atomic E-state index is 4.23. The highest BCUT2D eigenvalue weighted by Crippen LogP contribution is 2.13. The van der Waals surface area contributed by atoms with E-state index in [1.807, 2.05) is 12.3 Å². The fraction of sp³-hybridized carbons (Fsp3) is 0.333. The summed E-state index contributed by atoms with van der Waals surface area (Å²) in [5.74, 6) is 6.29. The summed E-state index contributed by atoms with van der Waals surface area (Å²) in [5.41, 5.74) is 1.78. The van der Waals surface area contributed by atoms with Gasteiger partial charge >= 0.3 is 0 Å². The molecule has 0 spiro atoms. The largest absolute Gasteiger partial charge is 0.279 e. The van der Waals surface area contributed by atoms with Gasteiger partial charge in [0.15, 0.2) is 0 Å². The molecule has 2 aromatic heterocycles. The second-order valence-electron chi connectivity index (χ2n) is 4.52. The minimum atomic E-state index is 0.00384. The molecule has 2 N–H and O–H groups in total. The molecule has 0 fully saturated rings. The number of nitrogens with zero attached hydrogens (tertiary/aromatic N) is 1. The van der Waals surface area contributed by atoms with Gasteiger partial charge in [0.1, 0.15) is 5.39 Å². The van der Waals surface area contributed by atoms with Crippen LogP contribution in [0.4, 0.5) is 0 Å². The Hall–Kier alpha value is -1.82. The van der Waals surface area contributed by atoms with Crippen molar-refractivity contribution in [1.29, 1.82) is 0 Å². The predicted molar refractivity (Wildman–Crippen MR) is 59.0 cm³/mol. The Morgan fingerprint density at radius 2 is 2.20 bits per heavy atom. The van der Waals surface area contributed by atoms with Crippen LogP contribution >= 0.6 is 0 Å². The van der Waals surface area contributed by atoms with Crippen molar-refractivity contribution < 1.29 is 4.98 Å². The quantitative estimate of drug-likeness (QED) is 0.647. The molecular weight excluding hydrogens is 186 g/mol. The second kappa shape index (κ2) is 3.39. The number of aromatic amines is 2. The molecule has 0 saturated heterocycles. The summed E-state index contributed by atoms with van der Waals surface area (Å²) >= 11 is 0. The van der Waals surface area contributed by atoms with E-state index in [9.17, 15) is 0 Å². The molecule has 2 heterocycles. The summed E-state index contributed by atoms with van der Waals surface area (Å²) in [4.78, 5) is 10.4. The molecule has 0 atom stereocenters. The lowest BCUT2D eigenvalue weighted by Gasteiger charge is -2.06. The zero-order valence-electron chi connectivity index (χ0n) is 9.18. The lowest BCUT2D eigenvalue weighted by atomic mass is 9.98. The molecule has 0 saturated carbocycles. The zero-order chi connectivity index (χ0) is 10.9. The van der Waals surface area contributed by atoms with Crippen molar-refractivity contribution >= 4 is 11.0 Å². The molecule has 0 aromatic carbocycles. The van der Waals surface area contributed by atoms with Crippen molar-refractivity contribution in [3.63, 3.8) is 0 Å². The average molecular weight is 200 g/mol. The second-order valence-corrected chi connectivity index (χ2v) is 4.52. The Kier molecular flexibility index (Phi) is 2.20. The Morgan fingerprint density at radius 1 is 1.40 bits per heavy atom. The number of hydrogen-bond acceptors (Lipinski definition) is 1. The van der Waals surface area contributed by atoms with Crippen molar-refractivity contribution in [1.82, 2.24) is 9.97 Å². The van der Waals surface area contributed by atoms with Gasteiger partial charge < -0.3 is 0 Å². The molecule has 3 heteroatoms. The van der Waals surface area contributed by atoms with E-state index in [4.69, 9.17) is 0 Å². The smallest absolute Gasteiger partial charge is 0.235 e. The number of rotatable bonds is 0. The first kappa shape index (κ1) is 9.72. The number of fused-ring (bicyclic) bond motifs is 1. The third-order valence-corrected chi connectivity index (χ3v) is 1.96. The first-order valence-corrected chi connectivity index (χ1v) is 4.93. The summed E-state index contributed by atoms with van der Waals surface area (Å²) in [5, 5.41) is 1.04. The van der Waals surface area contributed by atoms with Crippen LogP contribution in [0.3, 0.4) is 0 Å². The summed E-state index contributed by atoms with van der Waals surface area (Å²) in [6.07, 6.45) is 3.54. The number of aromatic nitrogens is 3. The maximum Gasteiger partial charge on any atom is 0.235 e. The van der Waals surface area contributed by atoms with E-state index >= 15 is 0 Å². The van der Waals surface area contributed by atoms with Gasteiger partial charge in [-0.25, -0.2) is 4.98 Å².